The molecule has 1 heterocycles. The topological polar surface area (TPSA) is 17.8 Å². The number of imidazole rings is 1. The Balaban J connectivity index is 2.42. The molecule has 0 spiro atoms. The van der Waals surface area contributed by atoms with Gasteiger partial charge in [-0.3, -0.25) is 0 Å². The highest BCUT2D eigenvalue weighted by atomic mass is 35.5. The molecule has 1 aromatic carbocycles. The maximum absolute atomic E-state index is 6.09. The Kier molecular flexibility index (Phi) is 5.29. The van der Waals surface area contributed by atoms with E-state index in [2.05, 4.69) is 22.7 Å². The molecule has 1 atom stereocenters. The average Bonchev–Trinajstić information content (AvgIpc) is 2.73. The SMILES string of the molecule is CSC(C)CCn1c(CCl)nc2cc(Cl)c(Cl)cc21. The standard InChI is InChI=1S/C13H15Cl3N2S/c1-8(19-2)3-4-18-12-6-10(16)9(15)5-11(12)17-13(18)7-14/h5-6,8H,3-4,7H2,1-2H3. The number of hydrogen-bond donors (Lipinski definition) is 0. The van der Waals surface area contributed by atoms with Crippen LogP contribution in [0.15, 0.2) is 12.1 Å². The molecule has 2 rings (SSSR count). The number of aromatic nitrogens is 2. The Hall–Kier alpha value is -0.0900. The third kappa shape index (κ3) is 3.33. The van der Waals surface area contributed by atoms with Crippen LogP contribution < -0.4 is 0 Å². The van der Waals surface area contributed by atoms with E-state index in [0.717, 1.165) is 29.8 Å². The summed E-state index contributed by atoms with van der Waals surface area (Å²) in [6.45, 7) is 3.10. The van der Waals surface area contributed by atoms with Crippen molar-refractivity contribution in [2.75, 3.05) is 6.26 Å². The van der Waals surface area contributed by atoms with Crippen LogP contribution in [0, 0.1) is 0 Å². The normalized spacial score (nSPS) is 13.1. The fourth-order valence-electron chi connectivity index (χ4n) is 1.95. The Labute approximate surface area is 132 Å². The van der Waals surface area contributed by atoms with Crippen molar-refractivity contribution in [2.24, 2.45) is 0 Å². The lowest BCUT2D eigenvalue weighted by molar-refractivity contribution is 0.636. The fraction of sp³-hybridized carbons (Fsp3) is 0.462. The number of alkyl halides is 1. The van der Waals surface area contributed by atoms with Crippen molar-refractivity contribution in [2.45, 2.75) is 31.0 Å². The monoisotopic (exact) mass is 336 g/mol. The molecule has 104 valence electrons. The molecule has 0 aliphatic heterocycles. The van der Waals surface area contributed by atoms with Crippen molar-refractivity contribution in [3.05, 3.63) is 28.0 Å². The predicted octanol–water partition coefficient (Wildman–Crippen LogP) is 5.22. The molecular formula is C13H15Cl3N2S. The lowest BCUT2D eigenvalue weighted by Crippen LogP contribution is -2.07. The summed E-state index contributed by atoms with van der Waals surface area (Å²) in [6, 6.07) is 3.66. The van der Waals surface area contributed by atoms with Crippen LogP contribution in [-0.2, 0) is 12.4 Å². The smallest absolute Gasteiger partial charge is 0.124 e. The van der Waals surface area contributed by atoms with Crippen LogP contribution in [0.25, 0.3) is 11.0 Å². The van der Waals surface area contributed by atoms with E-state index in [-0.39, 0.29) is 0 Å². The zero-order valence-corrected chi connectivity index (χ0v) is 13.9. The minimum atomic E-state index is 0.386. The summed E-state index contributed by atoms with van der Waals surface area (Å²) in [6.07, 6.45) is 3.19. The zero-order chi connectivity index (χ0) is 14.0. The van der Waals surface area contributed by atoms with Gasteiger partial charge in [-0.1, -0.05) is 30.1 Å². The molecule has 1 aromatic heterocycles. The van der Waals surface area contributed by atoms with E-state index in [9.17, 15) is 0 Å². The summed E-state index contributed by atoms with van der Waals surface area (Å²) in [5.41, 5.74) is 1.85. The summed E-state index contributed by atoms with van der Waals surface area (Å²) >= 11 is 20.0. The third-order valence-electron chi connectivity index (χ3n) is 3.15. The second kappa shape index (κ2) is 6.57. The van der Waals surface area contributed by atoms with E-state index in [0.29, 0.717) is 21.2 Å². The van der Waals surface area contributed by atoms with E-state index in [1.54, 1.807) is 6.07 Å². The number of benzene rings is 1. The molecule has 0 bridgehead atoms. The van der Waals surface area contributed by atoms with Gasteiger partial charge in [0.2, 0.25) is 0 Å². The van der Waals surface area contributed by atoms with Crippen molar-refractivity contribution < 1.29 is 0 Å². The van der Waals surface area contributed by atoms with Gasteiger partial charge in [0.25, 0.3) is 0 Å². The zero-order valence-electron chi connectivity index (χ0n) is 10.8. The highest BCUT2D eigenvalue weighted by Gasteiger charge is 2.13. The summed E-state index contributed by atoms with van der Waals surface area (Å²) < 4.78 is 2.14. The van der Waals surface area contributed by atoms with Crippen LogP contribution in [-0.4, -0.2) is 21.1 Å². The summed E-state index contributed by atoms with van der Waals surface area (Å²) in [4.78, 5) is 4.52. The van der Waals surface area contributed by atoms with Gasteiger partial charge in [-0.2, -0.15) is 11.8 Å². The average molecular weight is 338 g/mol. The summed E-state index contributed by atoms with van der Waals surface area (Å²) in [7, 11) is 0. The third-order valence-corrected chi connectivity index (χ3v) is 5.15. The highest BCUT2D eigenvalue weighted by molar-refractivity contribution is 7.99. The van der Waals surface area contributed by atoms with Crippen LogP contribution in [0.2, 0.25) is 10.0 Å². The van der Waals surface area contributed by atoms with Gasteiger partial charge in [-0.15, -0.1) is 11.6 Å². The first-order valence-electron chi connectivity index (χ1n) is 5.99. The van der Waals surface area contributed by atoms with Gasteiger partial charge in [-0.05, 0) is 24.8 Å². The number of fused-ring (bicyclic) bond motifs is 1. The Morgan fingerprint density at radius 1 is 1.32 bits per heavy atom. The minimum absolute atomic E-state index is 0.386. The lowest BCUT2D eigenvalue weighted by Gasteiger charge is -2.11. The molecule has 19 heavy (non-hydrogen) atoms. The van der Waals surface area contributed by atoms with E-state index >= 15 is 0 Å². The molecule has 2 aromatic rings. The summed E-state index contributed by atoms with van der Waals surface area (Å²) in [5.74, 6) is 1.25. The molecule has 6 heteroatoms. The van der Waals surface area contributed by atoms with Crippen molar-refractivity contribution in [3.8, 4) is 0 Å². The molecule has 0 radical (unpaired) electrons. The molecule has 0 saturated heterocycles. The maximum atomic E-state index is 6.09. The van der Waals surface area contributed by atoms with Gasteiger partial charge in [0, 0.05) is 11.8 Å². The number of thioether (sulfide) groups is 1. The van der Waals surface area contributed by atoms with Gasteiger partial charge in [0.15, 0.2) is 0 Å². The van der Waals surface area contributed by atoms with E-state index in [1.165, 1.54) is 0 Å². The number of halogens is 3. The lowest BCUT2D eigenvalue weighted by atomic mass is 10.3. The molecular weight excluding hydrogens is 323 g/mol. The summed E-state index contributed by atoms with van der Waals surface area (Å²) in [5, 5.41) is 1.68. The Morgan fingerprint density at radius 2 is 2.00 bits per heavy atom. The molecule has 0 saturated carbocycles. The fourth-order valence-corrected chi connectivity index (χ4v) is 2.81. The van der Waals surface area contributed by atoms with Crippen LogP contribution in [0.3, 0.4) is 0 Å². The van der Waals surface area contributed by atoms with Crippen molar-refractivity contribution in [3.63, 3.8) is 0 Å². The molecule has 0 aliphatic carbocycles. The molecule has 0 fully saturated rings. The van der Waals surface area contributed by atoms with Gasteiger partial charge in [0.1, 0.15) is 5.82 Å². The maximum Gasteiger partial charge on any atom is 0.124 e. The highest BCUT2D eigenvalue weighted by Crippen LogP contribution is 2.29. The molecule has 0 aliphatic rings. The Bertz CT molecular complexity index is 583. The number of nitrogens with zero attached hydrogens (tertiary/aromatic N) is 2. The number of rotatable bonds is 5. The van der Waals surface area contributed by atoms with E-state index < -0.39 is 0 Å². The first-order chi connectivity index (χ1) is 9.06. The van der Waals surface area contributed by atoms with Crippen LogP contribution >= 0.6 is 46.6 Å². The van der Waals surface area contributed by atoms with Crippen LogP contribution in [0.5, 0.6) is 0 Å². The van der Waals surface area contributed by atoms with Crippen LogP contribution in [0.4, 0.5) is 0 Å². The minimum Gasteiger partial charge on any atom is -0.327 e. The van der Waals surface area contributed by atoms with Gasteiger partial charge >= 0.3 is 0 Å². The molecule has 1 unspecified atom stereocenters. The van der Waals surface area contributed by atoms with Gasteiger partial charge in [-0.25, -0.2) is 4.98 Å². The molecule has 0 N–H and O–H groups in total. The number of hydrogen-bond acceptors (Lipinski definition) is 2. The Morgan fingerprint density at radius 3 is 2.63 bits per heavy atom. The van der Waals surface area contributed by atoms with Gasteiger partial charge < -0.3 is 4.57 Å². The first kappa shape index (κ1) is 15.3. The van der Waals surface area contributed by atoms with Crippen LogP contribution in [0.1, 0.15) is 19.2 Å². The van der Waals surface area contributed by atoms with E-state index in [4.69, 9.17) is 34.8 Å². The van der Waals surface area contributed by atoms with Crippen molar-refractivity contribution >= 4 is 57.6 Å². The largest absolute Gasteiger partial charge is 0.327 e. The predicted molar refractivity (Wildman–Crippen MR) is 86.9 cm³/mol. The first-order valence-corrected chi connectivity index (χ1v) is 8.57. The number of aryl methyl sites for hydroxylation is 1. The second-order valence-corrected chi connectivity index (χ2v) is 6.76. The van der Waals surface area contributed by atoms with Crippen molar-refractivity contribution in [1.82, 2.24) is 9.55 Å². The van der Waals surface area contributed by atoms with E-state index in [1.807, 2.05) is 17.8 Å². The molecule has 2 nitrogen and oxygen atoms in total. The molecule has 0 amide bonds. The van der Waals surface area contributed by atoms with Crippen molar-refractivity contribution in [1.29, 1.82) is 0 Å². The quantitative estimate of drug-likeness (QED) is 0.696. The second-order valence-electron chi connectivity index (χ2n) is 4.40. The van der Waals surface area contributed by atoms with Gasteiger partial charge in [0.05, 0.1) is 27.0 Å².